The van der Waals surface area contributed by atoms with Gasteiger partial charge in [0.2, 0.25) is 5.91 Å². The van der Waals surface area contributed by atoms with E-state index >= 15 is 0 Å². The van der Waals surface area contributed by atoms with Gasteiger partial charge in [-0.2, -0.15) is 0 Å². The Hall–Kier alpha value is -1.84. The lowest BCUT2D eigenvalue weighted by molar-refractivity contribution is -0.150. The van der Waals surface area contributed by atoms with E-state index in [1.54, 1.807) is 11.8 Å². The second-order valence-electron chi connectivity index (χ2n) is 5.36. The first-order valence-electron chi connectivity index (χ1n) is 7.16. The Morgan fingerprint density at radius 1 is 1.30 bits per heavy atom. The van der Waals surface area contributed by atoms with E-state index in [9.17, 15) is 14.7 Å². The third-order valence-corrected chi connectivity index (χ3v) is 3.88. The van der Waals surface area contributed by atoms with Crippen molar-refractivity contribution in [1.29, 1.82) is 0 Å². The number of hydrogen-bond donors (Lipinski definition) is 1. The fourth-order valence-corrected chi connectivity index (χ4v) is 2.58. The van der Waals surface area contributed by atoms with Gasteiger partial charge in [-0.3, -0.25) is 4.79 Å². The van der Waals surface area contributed by atoms with Gasteiger partial charge in [-0.25, -0.2) is 4.79 Å². The highest BCUT2D eigenvalue weighted by molar-refractivity contribution is 5.88. The van der Waals surface area contributed by atoms with Crippen LogP contribution in [0.1, 0.15) is 44.6 Å². The summed E-state index contributed by atoms with van der Waals surface area (Å²) in [7, 11) is 0. The number of carboxylic acid groups (broad SMARTS) is 1. The summed E-state index contributed by atoms with van der Waals surface area (Å²) in [5.41, 5.74) is 0.961. The Bertz CT molecular complexity index is 482. The van der Waals surface area contributed by atoms with Crippen LogP contribution in [-0.4, -0.2) is 34.0 Å². The first-order chi connectivity index (χ1) is 9.56. The molecule has 108 valence electrons. The van der Waals surface area contributed by atoms with Crippen LogP contribution in [0.2, 0.25) is 0 Å². The van der Waals surface area contributed by atoms with Crippen LogP contribution in [0.5, 0.6) is 0 Å². The molecule has 1 aliphatic rings. The molecule has 0 radical (unpaired) electrons. The number of carboxylic acids is 1. The summed E-state index contributed by atoms with van der Waals surface area (Å²) in [5, 5.41) is 9.21. The largest absolute Gasteiger partial charge is 0.480 e. The molecule has 1 aliphatic carbocycles. The molecule has 1 amide bonds. The zero-order valence-electron chi connectivity index (χ0n) is 12.0. The molecule has 2 rings (SSSR count). The summed E-state index contributed by atoms with van der Waals surface area (Å²) >= 11 is 0. The maximum Gasteiger partial charge on any atom is 0.326 e. The van der Waals surface area contributed by atoms with Crippen LogP contribution in [0.4, 0.5) is 0 Å². The van der Waals surface area contributed by atoms with E-state index in [-0.39, 0.29) is 17.9 Å². The van der Waals surface area contributed by atoms with Gasteiger partial charge < -0.3 is 10.0 Å². The fourth-order valence-electron chi connectivity index (χ4n) is 2.58. The van der Waals surface area contributed by atoms with E-state index in [1.807, 2.05) is 37.3 Å². The van der Waals surface area contributed by atoms with Crippen LogP contribution in [0, 0.1) is 0 Å². The first kappa shape index (κ1) is 14.6. The number of hydrogen-bond acceptors (Lipinski definition) is 2. The van der Waals surface area contributed by atoms with Crippen LogP contribution < -0.4 is 0 Å². The molecule has 0 aliphatic heterocycles. The molecule has 2 atom stereocenters. The van der Waals surface area contributed by atoms with Gasteiger partial charge in [-0.15, -0.1) is 0 Å². The molecule has 1 N–H and O–H groups in total. The zero-order chi connectivity index (χ0) is 14.7. The minimum absolute atomic E-state index is 0.0592. The lowest BCUT2D eigenvalue weighted by atomic mass is 9.94. The van der Waals surface area contributed by atoms with Crippen LogP contribution in [-0.2, 0) is 9.59 Å². The molecular formula is C16H21NO3. The van der Waals surface area contributed by atoms with Gasteiger partial charge >= 0.3 is 5.97 Å². The number of carbonyl (C=O) groups excluding carboxylic acids is 1. The van der Waals surface area contributed by atoms with E-state index in [2.05, 4.69) is 0 Å². The number of benzene rings is 1. The van der Waals surface area contributed by atoms with E-state index < -0.39 is 12.0 Å². The normalized spacial score (nSPS) is 17.3. The lowest BCUT2D eigenvalue weighted by Crippen LogP contribution is -2.46. The molecule has 0 aromatic heterocycles. The van der Waals surface area contributed by atoms with Crippen molar-refractivity contribution in [3.8, 4) is 0 Å². The Morgan fingerprint density at radius 2 is 1.90 bits per heavy atom. The Balaban J connectivity index is 2.24. The van der Waals surface area contributed by atoms with Crippen molar-refractivity contribution < 1.29 is 14.7 Å². The average molecular weight is 275 g/mol. The highest BCUT2D eigenvalue weighted by Gasteiger charge is 2.40. The topological polar surface area (TPSA) is 57.6 Å². The van der Waals surface area contributed by atoms with Gasteiger partial charge in [0.1, 0.15) is 6.04 Å². The lowest BCUT2D eigenvalue weighted by Gasteiger charge is -2.30. The highest BCUT2D eigenvalue weighted by Crippen LogP contribution is 2.33. The van der Waals surface area contributed by atoms with E-state index in [4.69, 9.17) is 0 Å². The van der Waals surface area contributed by atoms with Gasteiger partial charge in [0.25, 0.3) is 0 Å². The van der Waals surface area contributed by atoms with Crippen LogP contribution >= 0.6 is 0 Å². The van der Waals surface area contributed by atoms with Crippen molar-refractivity contribution in [2.75, 3.05) is 0 Å². The first-order valence-corrected chi connectivity index (χ1v) is 7.16. The zero-order valence-corrected chi connectivity index (χ0v) is 12.0. The van der Waals surface area contributed by atoms with Crippen molar-refractivity contribution in [3.05, 3.63) is 35.9 Å². The molecule has 4 heteroatoms. The smallest absolute Gasteiger partial charge is 0.326 e. The van der Waals surface area contributed by atoms with Crippen molar-refractivity contribution in [2.24, 2.45) is 0 Å². The molecule has 0 saturated heterocycles. The SMILES string of the molecule is CCC(C(=O)N(C1CC1)C(C)C(=O)O)c1ccccc1. The van der Waals surface area contributed by atoms with Crippen molar-refractivity contribution in [2.45, 2.75) is 51.1 Å². The summed E-state index contributed by atoms with van der Waals surface area (Å²) < 4.78 is 0. The van der Waals surface area contributed by atoms with Crippen molar-refractivity contribution in [3.63, 3.8) is 0 Å². The third kappa shape index (κ3) is 3.00. The van der Waals surface area contributed by atoms with E-state index in [1.165, 1.54) is 0 Å². The maximum absolute atomic E-state index is 12.8. The third-order valence-electron chi connectivity index (χ3n) is 3.88. The second kappa shape index (κ2) is 6.07. The molecule has 2 unspecified atom stereocenters. The summed E-state index contributed by atoms with van der Waals surface area (Å²) in [6, 6.07) is 8.95. The molecule has 1 aromatic rings. The van der Waals surface area contributed by atoms with Gasteiger partial charge in [0.05, 0.1) is 5.92 Å². The molecule has 0 spiro atoms. The van der Waals surface area contributed by atoms with Gasteiger partial charge in [0.15, 0.2) is 0 Å². The molecular weight excluding hydrogens is 254 g/mol. The number of carbonyl (C=O) groups is 2. The van der Waals surface area contributed by atoms with Gasteiger partial charge in [0, 0.05) is 6.04 Å². The summed E-state index contributed by atoms with van der Waals surface area (Å²) in [6.07, 6.45) is 2.50. The van der Waals surface area contributed by atoms with Crippen molar-refractivity contribution in [1.82, 2.24) is 4.90 Å². The van der Waals surface area contributed by atoms with E-state index in [0.29, 0.717) is 6.42 Å². The minimum atomic E-state index is -0.937. The predicted octanol–water partition coefficient (Wildman–Crippen LogP) is 2.64. The second-order valence-corrected chi connectivity index (χ2v) is 5.36. The quantitative estimate of drug-likeness (QED) is 0.868. The van der Waals surface area contributed by atoms with Gasteiger partial charge in [-0.1, -0.05) is 37.3 Å². The minimum Gasteiger partial charge on any atom is -0.480 e. The van der Waals surface area contributed by atoms with Crippen LogP contribution in [0.3, 0.4) is 0 Å². The predicted molar refractivity (Wildman–Crippen MR) is 76.4 cm³/mol. The number of rotatable bonds is 6. The molecule has 1 fully saturated rings. The molecule has 0 bridgehead atoms. The number of aliphatic carboxylic acids is 1. The fraction of sp³-hybridized carbons (Fsp3) is 0.500. The number of nitrogens with zero attached hydrogens (tertiary/aromatic N) is 1. The maximum atomic E-state index is 12.8. The standard InChI is InChI=1S/C16H21NO3/c1-3-14(12-7-5-4-6-8-12)15(18)17(13-9-10-13)11(2)16(19)20/h4-8,11,13-14H,3,9-10H2,1-2H3,(H,19,20). The monoisotopic (exact) mass is 275 g/mol. The Morgan fingerprint density at radius 3 is 2.35 bits per heavy atom. The van der Waals surface area contributed by atoms with Crippen LogP contribution in [0.15, 0.2) is 30.3 Å². The number of amides is 1. The Labute approximate surface area is 119 Å². The average Bonchev–Trinajstić information content (AvgIpc) is 3.25. The van der Waals surface area contributed by atoms with Crippen LogP contribution in [0.25, 0.3) is 0 Å². The summed E-state index contributed by atoms with van der Waals surface area (Å²) in [6.45, 7) is 3.56. The highest BCUT2D eigenvalue weighted by atomic mass is 16.4. The Kier molecular flexibility index (Phi) is 4.42. The van der Waals surface area contributed by atoms with Crippen molar-refractivity contribution >= 4 is 11.9 Å². The van der Waals surface area contributed by atoms with Gasteiger partial charge in [-0.05, 0) is 31.7 Å². The molecule has 20 heavy (non-hydrogen) atoms. The molecule has 1 saturated carbocycles. The molecule has 1 aromatic carbocycles. The summed E-state index contributed by atoms with van der Waals surface area (Å²) in [5.74, 6) is -1.25. The summed E-state index contributed by atoms with van der Waals surface area (Å²) in [4.78, 5) is 25.6. The molecule has 0 heterocycles. The molecule has 4 nitrogen and oxygen atoms in total. The van der Waals surface area contributed by atoms with E-state index in [0.717, 1.165) is 18.4 Å².